The molecule has 5 nitrogen and oxygen atoms in total. The van der Waals surface area contributed by atoms with Gasteiger partial charge in [-0.15, -0.1) is 0 Å². The monoisotopic (exact) mass is 460 g/mol. The molecule has 30 heavy (non-hydrogen) atoms. The van der Waals surface area contributed by atoms with Crippen LogP contribution in [0.25, 0.3) is 11.0 Å². The van der Waals surface area contributed by atoms with Crippen LogP contribution in [0.4, 0.5) is 5.82 Å². The molecule has 3 heterocycles. The summed E-state index contributed by atoms with van der Waals surface area (Å²) in [5, 5.41) is 0.473. The van der Waals surface area contributed by atoms with Crippen LogP contribution in [0, 0.1) is 13.8 Å². The number of rotatable bonds is 2. The molecule has 0 bridgehead atoms. The highest BCUT2D eigenvalue weighted by atomic mass is 79.9. The lowest BCUT2D eigenvalue weighted by atomic mass is 9.98. The smallest absolute Gasteiger partial charge is 0.296 e. The second kappa shape index (κ2) is 6.92. The van der Waals surface area contributed by atoms with Crippen LogP contribution in [0.3, 0.4) is 0 Å². The Kier molecular flexibility index (Phi) is 4.33. The summed E-state index contributed by atoms with van der Waals surface area (Å²) >= 11 is 3.50. The Morgan fingerprint density at radius 3 is 2.57 bits per heavy atom. The van der Waals surface area contributed by atoms with Crippen LogP contribution < -0.4 is 10.3 Å². The molecule has 0 radical (unpaired) electrons. The first-order valence-electron chi connectivity index (χ1n) is 9.53. The maximum absolute atomic E-state index is 13.6. The summed E-state index contributed by atoms with van der Waals surface area (Å²) in [5.41, 5.74) is 3.29. The molecule has 148 valence electrons. The van der Waals surface area contributed by atoms with Crippen molar-refractivity contribution in [2.24, 2.45) is 0 Å². The van der Waals surface area contributed by atoms with Crippen LogP contribution in [0.2, 0.25) is 0 Å². The zero-order chi connectivity index (χ0) is 21.0. The number of aryl methyl sites for hydroxylation is 2. The largest absolute Gasteiger partial charge is 0.450 e. The lowest BCUT2D eigenvalue weighted by Gasteiger charge is -2.24. The molecular weight excluding hydrogens is 444 g/mol. The van der Waals surface area contributed by atoms with Crippen molar-refractivity contribution in [3.63, 3.8) is 0 Å². The number of fused-ring (bicyclic) bond motifs is 2. The summed E-state index contributed by atoms with van der Waals surface area (Å²) in [5.74, 6) is 0.188. The molecule has 2 aromatic heterocycles. The van der Waals surface area contributed by atoms with Crippen molar-refractivity contribution in [1.82, 2.24) is 4.98 Å². The Labute approximate surface area is 181 Å². The van der Waals surface area contributed by atoms with Crippen LogP contribution >= 0.6 is 15.9 Å². The third kappa shape index (κ3) is 2.87. The SMILES string of the molecule is Cc1ccnc(N2C(=O)c3oc4ccc(C)cc4c(=O)c3C2c2cccc(Br)c2)c1. The molecular formula is C24H17BrN2O3. The number of anilines is 1. The first kappa shape index (κ1) is 18.8. The molecule has 0 N–H and O–H groups in total. The van der Waals surface area contributed by atoms with E-state index < -0.39 is 6.04 Å². The van der Waals surface area contributed by atoms with Crippen LogP contribution in [0.5, 0.6) is 0 Å². The van der Waals surface area contributed by atoms with Gasteiger partial charge < -0.3 is 4.42 Å². The van der Waals surface area contributed by atoms with Gasteiger partial charge in [-0.25, -0.2) is 4.98 Å². The number of hydrogen-bond acceptors (Lipinski definition) is 4. The van der Waals surface area contributed by atoms with Gasteiger partial charge in [0.25, 0.3) is 5.91 Å². The molecule has 0 saturated heterocycles. The van der Waals surface area contributed by atoms with E-state index in [-0.39, 0.29) is 17.1 Å². The third-order valence-corrected chi connectivity index (χ3v) is 5.83. The molecule has 0 saturated carbocycles. The third-order valence-electron chi connectivity index (χ3n) is 5.34. The van der Waals surface area contributed by atoms with Crippen molar-refractivity contribution in [3.05, 3.63) is 104 Å². The van der Waals surface area contributed by atoms with Crippen LogP contribution in [0.15, 0.2) is 74.5 Å². The number of nitrogens with zero attached hydrogens (tertiary/aromatic N) is 2. The van der Waals surface area contributed by atoms with E-state index in [1.807, 2.05) is 56.3 Å². The van der Waals surface area contributed by atoms with E-state index in [1.54, 1.807) is 23.2 Å². The molecule has 1 amide bonds. The average Bonchev–Trinajstić information content (AvgIpc) is 3.01. The first-order valence-corrected chi connectivity index (χ1v) is 10.3. The van der Waals surface area contributed by atoms with Crippen molar-refractivity contribution in [1.29, 1.82) is 0 Å². The minimum Gasteiger partial charge on any atom is -0.450 e. The van der Waals surface area contributed by atoms with Crippen LogP contribution in [0.1, 0.15) is 38.9 Å². The highest BCUT2D eigenvalue weighted by molar-refractivity contribution is 9.10. The van der Waals surface area contributed by atoms with Gasteiger partial charge in [-0.1, -0.05) is 39.7 Å². The number of carbonyl (C=O) groups is 1. The molecule has 1 unspecified atom stereocenters. The fourth-order valence-electron chi connectivity index (χ4n) is 3.97. The predicted octanol–water partition coefficient (Wildman–Crippen LogP) is 5.32. The molecule has 1 atom stereocenters. The number of pyridine rings is 1. The van der Waals surface area contributed by atoms with E-state index in [9.17, 15) is 9.59 Å². The van der Waals surface area contributed by atoms with E-state index in [0.29, 0.717) is 22.4 Å². The fraction of sp³-hybridized carbons (Fsp3) is 0.125. The maximum atomic E-state index is 13.6. The number of hydrogen-bond donors (Lipinski definition) is 0. The molecule has 0 fully saturated rings. The average molecular weight is 461 g/mol. The zero-order valence-corrected chi connectivity index (χ0v) is 17.9. The van der Waals surface area contributed by atoms with Gasteiger partial charge in [-0.2, -0.15) is 0 Å². The Morgan fingerprint density at radius 1 is 1.00 bits per heavy atom. The van der Waals surface area contributed by atoms with Crippen molar-refractivity contribution >= 4 is 38.6 Å². The Balaban J connectivity index is 1.84. The summed E-state index contributed by atoms with van der Waals surface area (Å²) in [7, 11) is 0. The topological polar surface area (TPSA) is 63.4 Å². The Morgan fingerprint density at radius 2 is 1.80 bits per heavy atom. The van der Waals surface area contributed by atoms with Gasteiger partial charge in [0.2, 0.25) is 5.76 Å². The summed E-state index contributed by atoms with van der Waals surface area (Å²) in [4.78, 5) is 33.0. The van der Waals surface area contributed by atoms with Gasteiger partial charge in [0, 0.05) is 10.7 Å². The second-order valence-corrected chi connectivity index (χ2v) is 8.41. The molecule has 0 spiro atoms. The molecule has 4 aromatic rings. The Bertz CT molecular complexity index is 1390. The summed E-state index contributed by atoms with van der Waals surface area (Å²) < 4.78 is 6.85. The first-order chi connectivity index (χ1) is 14.4. The number of aromatic nitrogens is 1. The van der Waals surface area contributed by atoms with Gasteiger partial charge in [-0.05, 0) is 61.4 Å². The van der Waals surface area contributed by atoms with Gasteiger partial charge in [0.1, 0.15) is 11.4 Å². The van der Waals surface area contributed by atoms with Crippen molar-refractivity contribution in [3.8, 4) is 0 Å². The van der Waals surface area contributed by atoms with E-state index in [4.69, 9.17) is 4.42 Å². The van der Waals surface area contributed by atoms with Crippen molar-refractivity contribution in [2.45, 2.75) is 19.9 Å². The second-order valence-electron chi connectivity index (χ2n) is 7.50. The van der Waals surface area contributed by atoms with E-state index in [2.05, 4.69) is 20.9 Å². The quantitative estimate of drug-likeness (QED) is 0.406. The highest BCUT2D eigenvalue weighted by Crippen LogP contribution is 2.41. The minimum absolute atomic E-state index is 0.0737. The van der Waals surface area contributed by atoms with Crippen LogP contribution in [-0.4, -0.2) is 10.9 Å². The molecule has 2 aromatic carbocycles. The summed E-state index contributed by atoms with van der Waals surface area (Å²) in [6, 6.07) is 16.1. The molecule has 1 aliphatic heterocycles. The zero-order valence-electron chi connectivity index (χ0n) is 16.3. The van der Waals surface area contributed by atoms with Crippen molar-refractivity contribution < 1.29 is 9.21 Å². The molecule has 5 rings (SSSR count). The van der Waals surface area contributed by atoms with E-state index in [0.717, 1.165) is 21.2 Å². The number of benzene rings is 2. The Hall–Kier alpha value is -3.25. The molecule has 0 aliphatic carbocycles. The number of carbonyl (C=O) groups excluding carboxylic acids is 1. The van der Waals surface area contributed by atoms with Gasteiger partial charge >= 0.3 is 0 Å². The normalized spacial score (nSPS) is 15.6. The lowest BCUT2D eigenvalue weighted by molar-refractivity contribution is 0.0970. The van der Waals surface area contributed by atoms with E-state index >= 15 is 0 Å². The predicted molar refractivity (Wildman–Crippen MR) is 119 cm³/mol. The molecule has 6 heteroatoms. The standard InChI is InChI=1S/C24H17BrN2O3/c1-13-6-7-18-17(10-13)22(28)20-21(15-4-3-5-16(25)12-15)27(24(29)23(20)30-18)19-11-14(2)8-9-26-19/h3-12,21H,1-2H3. The lowest BCUT2D eigenvalue weighted by Crippen LogP contribution is -2.30. The van der Waals surface area contributed by atoms with Gasteiger partial charge in [0.15, 0.2) is 5.43 Å². The molecule has 1 aliphatic rings. The number of amides is 1. The van der Waals surface area contributed by atoms with E-state index in [1.165, 1.54) is 0 Å². The summed E-state index contributed by atoms with van der Waals surface area (Å²) in [6.07, 6.45) is 1.66. The number of halogens is 1. The maximum Gasteiger partial charge on any atom is 0.296 e. The summed E-state index contributed by atoms with van der Waals surface area (Å²) in [6.45, 7) is 3.86. The van der Waals surface area contributed by atoms with Crippen LogP contribution in [-0.2, 0) is 0 Å². The highest BCUT2D eigenvalue weighted by Gasteiger charge is 2.44. The minimum atomic E-state index is -0.625. The van der Waals surface area contributed by atoms with Crippen molar-refractivity contribution in [2.75, 3.05) is 4.90 Å². The van der Waals surface area contributed by atoms with Gasteiger partial charge in [-0.3, -0.25) is 14.5 Å². The fourth-order valence-corrected chi connectivity index (χ4v) is 4.38. The van der Waals surface area contributed by atoms with Gasteiger partial charge in [0.05, 0.1) is 17.0 Å².